The van der Waals surface area contributed by atoms with Crippen molar-refractivity contribution in [3.63, 3.8) is 0 Å². The van der Waals surface area contributed by atoms with Crippen LogP contribution in [0.5, 0.6) is 5.75 Å². The lowest BCUT2D eigenvalue weighted by Crippen LogP contribution is -2.10. The van der Waals surface area contributed by atoms with Gasteiger partial charge in [-0.15, -0.1) is 0 Å². The molecule has 0 aliphatic carbocycles. The van der Waals surface area contributed by atoms with Crippen molar-refractivity contribution in [2.24, 2.45) is 0 Å². The highest BCUT2D eigenvalue weighted by Gasteiger charge is 2.05. The fourth-order valence-corrected chi connectivity index (χ4v) is 2.03. The second-order valence-corrected chi connectivity index (χ2v) is 4.34. The molecule has 2 N–H and O–H groups in total. The predicted molar refractivity (Wildman–Crippen MR) is 71.3 cm³/mol. The molecule has 18 heavy (non-hydrogen) atoms. The van der Waals surface area contributed by atoms with Gasteiger partial charge in [-0.2, -0.15) is 11.3 Å². The lowest BCUT2D eigenvalue weighted by Gasteiger charge is -2.06. The Morgan fingerprint density at radius 3 is 2.67 bits per heavy atom. The molecule has 0 fully saturated rings. The molecule has 2 aromatic rings. The van der Waals surface area contributed by atoms with Crippen LogP contribution in [0.25, 0.3) is 0 Å². The molecule has 1 aromatic heterocycles. The van der Waals surface area contributed by atoms with E-state index in [1.54, 1.807) is 35.7 Å². The number of ether oxygens (including phenoxy) is 1. The van der Waals surface area contributed by atoms with Crippen LogP contribution in [0.1, 0.15) is 10.4 Å². The molecule has 0 bridgehead atoms. The molecule has 5 heteroatoms. The van der Waals surface area contributed by atoms with Gasteiger partial charge in [0.1, 0.15) is 12.4 Å². The van der Waals surface area contributed by atoms with Gasteiger partial charge in [-0.05, 0) is 35.7 Å². The Hall–Kier alpha value is -1.85. The van der Waals surface area contributed by atoms with Gasteiger partial charge >= 0.3 is 0 Å². The number of nitrogens with one attached hydrogen (secondary N) is 1. The average molecular weight is 263 g/mol. The first-order valence-electron chi connectivity index (χ1n) is 5.47. The van der Waals surface area contributed by atoms with E-state index in [1.807, 2.05) is 5.38 Å². The summed E-state index contributed by atoms with van der Waals surface area (Å²) >= 11 is 1.49. The zero-order chi connectivity index (χ0) is 12.8. The molecule has 0 saturated heterocycles. The quantitative estimate of drug-likeness (QED) is 0.870. The van der Waals surface area contributed by atoms with Crippen molar-refractivity contribution >= 4 is 22.9 Å². The second-order valence-electron chi connectivity index (χ2n) is 3.56. The number of carbonyl (C=O) groups excluding carboxylic acids is 1. The molecule has 4 nitrogen and oxygen atoms in total. The molecule has 2 rings (SSSR count). The third-order valence-electron chi connectivity index (χ3n) is 2.26. The maximum absolute atomic E-state index is 11.8. The minimum atomic E-state index is -0.125. The smallest absolute Gasteiger partial charge is 0.256 e. The summed E-state index contributed by atoms with van der Waals surface area (Å²) in [6, 6.07) is 8.80. The number of aliphatic hydroxyl groups excluding tert-OH is 1. The normalized spacial score (nSPS) is 10.1. The topological polar surface area (TPSA) is 58.6 Å². The van der Waals surface area contributed by atoms with E-state index in [4.69, 9.17) is 9.84 Å². The van der Waals surface area contributed by atoms with E-state index in [-0.39, 0.29) is 19.1 Å². The monoisotopic (exact) mass is 263 g/mol. The summed E-state index contributed by atoms with van der Waals surface area (Å²) in [5, 5.41) is 15.1. The summed E-state index contributed by atoms with van der Waals surface area (Å²) in [6.45, 7) is 0.247. The summed E-state index contributed by atoms with van der Waals surface area (Å²) in [5.74, 6) is 0.540. The fourth-order valence-electron chi connectivity index (χ4n) is 1.39. The number of anilines is 1. The molecule has 1 aromatic carbocycles. The molecule has 0 saturated carbocycles. The number of hydrogen-bond donors (Lipinski definition) is 2. The Kier molecular flexibility index (Phi) is 4.33. The Labute approximate surface area is 109 Å². The van der Waals surface area contributed by atoms with Crippen LogP contribution in [0, 0.1) is 0 Å². The Morgan fingerprint density at radius 1 is 1.28 bits per heavy atom. The maximum atomic E-state index is 11.8. The molecule has 0 aliphatic heterocycles. The summed E-state index contributed by atoms with van der Waals surface area (Å²) in [4.78, 5) is 11.8. The van der Waals surface area contributed by atoms with E-state index in [2.05, 4.69) is 5.32 Å². The standard InChI is InChI=1S/C13H13NO3S/c15-6-7-17-12-3-1-11(2-4-12)14-13(16)10-5-8-18-9-10/h1-5,8-9,15H,6-7H2,(H,14,16). The van der Waals surface area contributed by atoms with Gasteiger partial charge in [0, 0.05) is 11.1 Å². The molecule has 94 valence electrons. The van der Waals surface area contributed by atoms with E-state index < -0.39 is 0 Å². The van der Waals surface area contributed by atoms with Gasteiger partial charge in [-0.3, -0.25) is 4.79 Å². The fraction of sp³-hybridized carbons (Fsp3) is 0.154. The molecule has 0 aliphatic rings. The molecular formula is C13H13NO3S. The van der Waals surface area contributed by atoms with Crippen molar-refractivity contribution in [3.8, 4) is 5.75 Å². The highest BCUT2D eigenvalue weighted by atomic mass is 32.1. The van der Waals surface area contributed by atoms with Gasteiger partial charge in [0.2, 0.25) is 0 Å². The lowest BCUT2D eigenvalue weighted by molar-refractivity contribution is 0.102. The lowest BCUT2D eigenvalue weighted by atomic mass is 10.2. The van der Waals surface area contributed by atoms with Crippen LogP contribution in [-0.2, 0) is 0 Å². The number of rotatable bonds is 5. The Balaban J connectivity index is 1.96. The van der Waals surface area contributed by atoms with Crippen LogP contribution in [0.3, 0.4) is 0 Å². The van der Waals surface area contributed by atoms with Crippen LogP contribution in [-0.4, -0.2) is 24.2 Å². The number of thiophene rings is 1. The highest BCUT2D eigenvalue weighted by molar-refractivity contribution is 7.08. The number of aliphatic hydroxyl groups is 1. The summed E-state index contributed by atoms with van der Waals surface area (Å²) < 4.78 is 5.23. The molecule has 0 atom stereocenters. The van der Waals surface area contributed by atoms with E-state index >= 15 is 0 Å². The van der Waals surface area contributed by atoms with E-state index in [9.17, 15) is 4.79 Å². The zero-order valence-corrected chi connectivity index (χ0v) is 10.4. The van der Waals surface area contributed by atoms with Crippen molar-refractivity contribution in [1.82, 2.24) is 0 Å². The van der Waals surface area contributed by atoms with Crippen LogP contribution in [0.15, 0.2) is 41.1 Å². The second kappa shape index (κ2) is 6.18. The molecule has 1 heterocycles. The Bertz CT molecular complexity index is 493. The largest absolute Gasteiger partial charge is 0.491 e. The zero-order valence-electron chi connectivity index (χ0n) is 9.63. The van der Waals surface area contributed by atoms with Gasteiger partial charge in [0.05, 0.1) is 12.2 Å². The molecule has 1 amide bonds. The summed E-state index contributed by atoms with van der Waals surface area (Å²) in [6.07, 6.45) is 0. The minimum Gasteiger partial charge on any atom is -0.491 e. The third kappa shape index (κ3) is 3.32. The van der Waals surface area contributed by atoms with Gasteiger partial charge < -0.3 is 15.2 Å². The van der Waals surface area contributed by atoms with Crippen molar-refractivity contribution in [2.75, 3.05) is 18.5 Å². The first-order valence-corrected chi connectivity index (χ1v) is 6.41. The molecule has 0 radical (unpaired) electrons. The van der Waals surface area contributed by atoms with Gasteiger partial charge in [-0.1, -0.05) is 0 Å². The van der Waals surface area contributed by atoms with E-state index in [1.165, 1.54) is 11.3 Å². The van der Waals surface area contributed by atoms with Crippen molar-refractivity contribution in [3.05, 3.63) is 46.7 Å². The third-order valence-corrected chi connectivity index (χ3v) is 2.94. The highest BCUT2D eigenvalue weighted by Crippen LogP contribution is 2.17. The minimum absolute atomic E-state index is 0.0172. The van der Waals surface area contributed by atoms with Crippen molar-refractivity contribution in [2.45, 2.75) is 0 Å². The first-order chi connectivity index (χ1) is 8.79. The number of carbonyl (C=O) groups is 1. The number of benzene rings is 1. The predicted octanol–water partition coefficient (Wildman–Crippen LogP) is 2.37. The van der Waals surface area contributed by atoms with Gasteiger partial charge in [0.25, 0.3) is 5.91 Å². The average Bonchev–Trinajstić information content (AvgIpc) is 2.92. The van der Waals surface area contributed by atoms with Crippen LogP contribution in [0.2, 0.25) is 0 Å². The van der Waals surface area contributed by atoms with Crippen molar-refractivity contribution in [1.29, 1.82) is 0 Å². The van der Waals surface area contributed by atoms with E-state index in [0.29, 0.717) is 17.0 Å². The first kappa shape index (κ1) is 12.6. The van der Waals surface area contributed by atoms with Gasteiger partial charge in [0.15, 0.2) is 0 Å². The summed E-state index contributed by atoms with van der Waals surface area (Å²) in [7, 11) is 0. The van der Waals surface area contributed by atoms with Crippen LogP contribution < -0.4 is 10.1 Å². The SMILES string of the molecule is O=C(Nc1ccc(OCCO)cc1)c1ccsc1. The summed E-state index contributed by atoms with van der Waals surface area (Å²) in [5.41, 5.74) is 1.36. The number of amides is 1. The van der Waals surface area contributed by atoms with Crippen molar-refractivity contribution < 1.29 is 14.6 Å². The van der Waals surface area contributed by atoms with E-state index in [0.717, 1.165) is 0 Å². The Morgan fingerprint density at radius 2 is 2.06 bits per heavy atom. The molecular weight excluding hydrogens is 250 g/mol. The van der Waals surface area contributed by atoms with Gasteiger partial charge in [-0.25, -0.2) is 0 Å². The molecule has 0 spiro atoms. The molecule has 0 unspecified atom stereocenters. The van der Waals surface area contributed by atoms with Crippen LogP contribution >= 0.6 is 11.3 Å². The maximum Gasteiger partial charge on any atom is 0.256 e. The van der Waals surface area contributed by atoms with Crippen LogP contribution in [0.4, 0.5) is 5.69 Å². The number of hydrogen-bond acceptors (Lipinski definition) is 4.